The van der Waals surface area contributed by atoms with E-state index in [0.29, 0.717) is 0 Å². The predicted molar refractivity (Wildman–Crippen MR) is 57.5 cm³/mol. The van der Waals surface area contributed by atoms with Crippen LogP contribution in [-0.4, -0.2) is 5.16 Å². The van der Waals surface area contributed by atoms with Gasteiger partial charge >= 0.3 is 0 Å². The molecule has 0 radical (unpaired) electrons. The van der Waals surface area contributed by atoms with Crippen LogP contribution >= 0.6 is 11.6 Å². The molecule has 3 rings (SSSR count). The van der Waals surface area contributed by atoms with Crippen molar-refractivity contribution in [3.05, 3.63) is 40.5 Å². The minimum Gasteiger partial charge on any atom is -0.356 e. The molecule has 0 unspecified atom stereocenters. The molecule has 0 saturated heterocycles. The standard InChI is InChI=1S/C11H9ClN2O/c12-8-3-1-7(2-4-8)11-9-5-13-6-10(9)14-15-11/h1-4,13H,5-6H2. The van der Waals surface area contributed by atoms with Gasteiger partial charge in [-0.05, 0) is 24.3 Å². The number of hydrogen-bond acceptors (Lipinski definition) is 3. The van der Waals surface area contributed by atoms with Gasteiger partial charge in [0.15, 0.2) is 5.76 Å². The molecule has 0 bridgehead atoms. The highest BCUT2D eigenvalue weighted by atomic mass is 35.5. The first-order valence-corrected chi connectivity index (χ1v) is 5.16. The number of nitrogens with zero attached hydrogens (tertiary/aromatic N) is 1. The van der Waals surface area contributed by atoms with Crippen molar-refractivity contribution in [3.63, 3.8) is 0 Å². The molecule has 0 saturated carbocycles. The van der Waals surface area contributed by atoms with E-state index in [4.69, 9.17) is 16.1 Å². The summed E-state index contributed by atoms with van der Waals surface area (Å²) in [5.41, 5.74) is 3.20. The second-order valence-electron chi connectivity index (χ2n) is 3.55. The summed E-state index contributed by atoms with van der Waals surface area (Å²) in [6.45, 7) is 1.63. The van der Waals surface area contributed by atoms with Crippen LogP contribution in [0.2, 0.25) is 5.02 Å². The molecule has 1 aliphatic heterocycles. The minimum atomic E-state index is 0.730. The van der Waals surface area contributed by atoms with Gasteiger partial charge in [-0.15, -0.1) is 0 Å². The summed E-state index contributed by atoms with van der Waals surface area (Å²) in [5.74, 6) is 0.853. The molecular weight excluding hydrogens is 212 g/mol. The van der Waals surface area contributed by atoms with E-state index < -0.39 is 0 Å². The Morgan fingerprint density at radius 2 is 2.00 bits per heavy atom. The van der Waals surface area contributed by atoms with Crippen LogP contribution in [0.5, 0.6) is 0 Å². The van der Waals surface area contributed by atoms with Gasteiger partial charge in [-0.2, -0.15) is 0 Å². The summed E-state index contributed by atoms with van der Waals surface area (Å²) >= 11 is 5.83. The van der Waals surface area contributed by atoms with Gasteiger partial charge < -0.3 is 9.84 Å². The van der Waals surface area contributed by atoms with E-state index in [9.17, 15) is 0 Å². The molecule has 2 heterocycles. The van der Waals surface area contributed by atoms with Crippen LogP contribution < -0.4 is 5.32 Å². The van der Waals surface area contributed by atoms with E-state index in [2.05, 4.69) is 10.5 Å². The number of nitrogens with one attached hydrogen (secondary N) is 1. The molecule has 0 fully saturated rings. The monoisotopic (exact) mass is 220 g/mol. The molecule has 1 N–H and O–H groups in total. The fraction of sp³-hybridized carbons (Fsp3) is 0.182. The Morgan fingerprint density at radius 3 is 2.80 bits per heavy atom. The first-order chi connectivity index (χ1) is 7.34. The van der Waals surface area contributed by atoms with Crippen molar-refractivity contribution in [1.29, 1.82) is 0 Å². The lowest BCUT2D eigenvalue weighted by atomic mass is 10.1. The molecule has 15 heavy (non-hydrogen) atoms. The van der Waals surface area contributed by atoms with E-state index in [-0.39, 0.29) is 0 Å². The highest BCUT2D eigenvalue weighted by Gasteiger charge is 2.21. The molecule has 1 aromatic carbocycles. The summed E-state index contributed by atoms with van der Waals surface area (Å²) in [7, 11) is 0. The quantitative estimate of drug-likeness (QED) is 0.803. The zero-order valence-electron chi connectivity index (χ0n) is 7.96. The molecule has 0 aliphatic carbocycles. The number of rotatable bonds is 1. The number of halogens is 1. The third-order valence-corrected chi connectivity index (χ3v) is 2.82. The average Bonchev–Trinajstić information content (AvgIpc) is 2.80. The van der Waals surface area contributed by atoms with Crippen LogP contribution in [0.1, 0.15) is 11.3 Å². The summed E-state index contributed by atoms with van der Waals surface area (Å²) in [4.78, 5) is 0. The first kappa shape index (κ1) is 8.95. The van der Waals surface area contributed by atoms with Crippen molar-refractivity contribution in [2.75, 3.05) is 0 Å². The van der Waals surface area contributed by atoms with Gasteiger partial charge in [-0.3, -0.25) is 0 Å². The Balaban J connectivity index is 2.09. The smallest absolute Gasteiger partial charge is 0.171 e. The maximum atomic E-state index is 5.83. The topological polar surface area (TPSA) is 38.1 Å². The third kappa shape index (κ3) is 1.44. The highest BCUT2D eigenvalue weighted by molar-refractivity contribution is 6.30. The van der Waals surface area contributed by atoms with Gasteiger partial charge in [0.2, 0.25) is 0 Å². The predicted octanol–water partition coefficient (Wildman–Crippen LogP) is 2.60. The molecule has 0 amide bonds. The largest absolute Gasteiger partial charge is 0.356 e. The minimum absolute atomic E-state index is 0.730. The Labute approximate surface area is 92.0 Å². The van der Waals surface area contributed by atoms with Gasteiger partial charge in [0.05, 0.1) is 0 Å². The van der Waals surface area contributed by atoms with Crippen LogP contribution in [0.25, 0.3) is 11.3 Å². The Kier molecular flexibility index (Phi) is 2.01. The van der Waals surface area contributed by atoms with Crippen LogP contribution in [0, 0.1) is 0 Å². The second kappa shape index (κ2) is 3.36. The van der Waals surface area contributed by atoms with Crippen LogP contribution in [-0.2, 0) is 13.1 Å². The van der Waals surface area contributed by atoms with E-state index in [1.165, 1.54) is 0 Å². The average molecular weight is 221 g/mol. The molecule has 1 aliphatic rings. The second-order valence-corrected chi connectivity index (χ2v) is 3.98. The maximum Gasteiger partial charge on any atom is 0.171 e. The van der Waals surface area contributed by atoms with Crippen molar-refractivity contribution in [2.24, 2.45) is 0 Å². The van der Waals surface area contributed by atoms with Crippen molar-refractivity contribution >= 4 is 11.6 Å². The molecule has 4 heteroatoms. The summed E-state index contributed by atoms with van der Waals surface area (Å²) in [6.07, 6.45) is 0. The fourth-order valence-corrected chi connectivity index (χ4v) is 1.92. The molecule has 0 spiro atoms. The van der Waals surface area contributed by atoms with Crippen molar-refractivity contribution in [2.45, 2.75) is 13.1 Å². The Hall–Kier alpha value is -1.32. The number of fused-ring (bicyclic) bond motifs is 1. The zero-order chi connectivity index (χ0) is 10.3. The number of benzene rings is 1. The number of aromatic nitrogens is 1. The summed E-state index contributed by atoms with van der Waals surface area (Å²) in [6, 6.07) is 7.60. The number of hydrogen-bond donors (Lipinski definition) is 1. The normalized spacial score (nSPS) is 14.2. The van der Waals surface area contributed by atoms with Gasteiger partial charge in [0.25, 0.3) is 0 Å². The Bertz CT molecular complexity index is 490. The van der Waals surface area contributed by atoms with Crippen LogP contribution in [0.4, 0.5) is 0 Å². The molecule has 1 aromatic heterocycles. The first-order valence-electron chi connectivity index (χ1n) is 4.78. The van der Waals surface area contributed by atoms with Gasteiger partial charge in [-0.25, -0.2) is 0 Å². The van der Waals surface area contributed by atoms with Gasteiger partial charge in [-0.1, -0.05) is 16.8 Å². The molecular formula is C11H9ClN2O. The zero-order valence-corrected chi connectivity index (χ0v) is 8.71. The third-order valence-electron chi connectivity index (χ3n) is 2.57. The highest BCUT2D eigenvalue weighted by Crippen LogP contribution is 2.29. The fourth-order valence-electron chi connectivity index (χ4n) is 1.80. The van der Waals surface area contributed by atoms with Crippen molar-refractivity contribution < 1.29 is 4.52 Å². The summed E-state index contributed by atoms with van der Waals surface area (Å²) < 4.78 is 5.33. The lowest BCUT2D eigenvalue weighted by Crippen LogP contribution is -2.01. The van der Waals surface area contributed by atoms with E-state index in [1.54, 1.807) is 0 Å². The van der Waals surface area contributed by atoms with Crippen LogP contribution in [0.3, 0.4) is 0 Å². The van der Waals surface area contributed by atoms with E-state index >= 15 is 0 Å². The van der Waals surface area contributed by atoms with Crippen LogP contribution in [0.15, 0.2) is 28.8 Å². The molecule has 2 aromatic rings. The Morgan fingerprint density at radius 1 is 1.20 bits per heavy atom. The lowest BCUT2D eigenvalue weighted by Gasteiger charge is -1.98. The SMILES string of the molecule is Clc1ccc(-c2onc3c2CNC3)cc1. The van der Waals surface area contributed by atoms with Gasteiger partial charge in [0.1, 0.15) is 5.69 Å². The summed E-state index contributed by atoms with van der Waals surface area (Å²) in [5, 5.41) is 8.00. The maximum absolute atomic E-state index is 5.83. The van der Waals surface area contributed by atoms with Crippen molar-refractivity contribution in [3.8, 4) is 11.3 Å². The molecule has 76 valence electrons. The van der Waals surface area contributed by atoms with Gasteiger partial charge in [0, 0.05) is 29.2 Å². The lowest BCUT2D eigenvalue weighted by molar-refractivity contribution is 0.417. The van der Waals surface area contributed by atoms with E-state index in [0.717, 1.165) is 40.7 Å². The molecule has 3 nitrogen and oxygen atoms in total. The van der Waals surface area contributed by atoms with E-state index in [1.807, 2.05) is 24.3 Å². The van der Waals surface area contributed by atoms with Crippen molar-refractivity contribution in [1.82, 2.24) is 10.5 Å². The molecule has 0 atom stereocenters.